The summed E-state index contributed by atoms with van der Waals surface area (Å²) in [7, 11) is 1.75. The van der Waals surface area contributed by atoms with Crippen molar-refractivity contribution in [2.45, 2.75) is 6.42 Å². The Morgan fingerprint density at radius 2 is 2.11 bits per heavy atom. The van der Waals surface area contributed by atoms with Gasteiger partial charge < -0.3 is 10.6 Å². The zero-order chi connectivity index (χ0) is 13.1. The van der Waals surface area contributed by atoms with E-state index in [2.05, 4.69) is 15.6 Å². The Morgan fingerprint density at radius 1 is 1.39 bits per heavy atom. The second-order valence-electron chi connectivity index (χ2n) is 3.65. The molecule has 0 aliphatic carbocycles. The van der Waals surface area contributed by atoms with Crippen molar-refractivity contribution in [1.29, 1.82) is 0 Å². The first kappa shape index (κ1) is 12.8. The zero-order valence-electron chi connectivity index (χ0n) is 9.59. The molecule has 0 saturated heterocycles. The van der Waals surface area contributed by atoms with Crippen LogP contribution in [-0.4, -0.2) is 24.5 Å². The van der Waals surface area contributed by atoms with Crippen LogP contribution in [0.15, 0.2) is 12.1 Å². The number of anilines is 1. The fourth-order valence-corrected chi connectivity index (χ4v) is 2.29. The minimum Gasteiger partial charge on any atom is -0.319 e. The predicted molar refractivity (Wildman–Crippen MR) is 66.7 cm³/mol. The molecule has 7 heteroatoms. The van der Waals surface area contributed by atoms with Gasteiger partial charge in [-0.15, -0.1) is 0 Å². The summed E-state index contributed by atoms with van der Waals surface area (Å²) < 4.78 is 26.5. The second-order valence-corrected chi connectivity index (χ2v) is 4.69. The van der Waals surface area contributed by atoms with Crippen molar-refractivity contribution in [3.63, 3.8) is 0 Å². The smallest absolute Gasteiger partial charge is 0.227 e. The van der Waals surface area contributed by atoms with Gasteiger partial charge in [0.05, 0.1) is 10.2 Å². The Balaban J connectivity index is 2.17. The molecule has 1 heterocycles. The topological polar surface area (TPSA) is 54.0 Å². The minimum atomic E-state index is -0.944. The number of amides is 1. The summed E-state index contributed by atoms with van der Waals surface area (Å²) in [5.74, 6) is -2.05. The van der Waals surface area contributed by atoms with E-state index in [0.717, 1.165) is 23.5 Å². The molecule has 4 nitrogen and oxygen atoms in total. The third kappa shape index (κ3) is 2.80. The van der Waals surface area contributed by atoms with E-state index in [1.807, 2.05) is 0 Å². The van der Waals surface area contributed by atoms with Crippen molar-refractivity contribution >= 4 is 32.6 Å². The van der Waals surface area contributed by atoms with Gasteiger partial charge in [0.25, 0.3) is 0 Å². The quantitative estimate of drug-likeness (QED) is 0.895. The molecular weight excluding hydrogens is 260 g/mol. The van der Waals surface area contributed by atoms with Crippen LogP contribution in [0, 0.1) is 11.6 Å². The van der Waals surface area contributed by atoms with E-state index in [-0.39, 0.29) is 5.91 Å². The van der Waals surface area contributed by atoms with Crippen LogP contribution in [0.5, 0.6) is 0 Å². The Bertz CT molecular complexity index is 546. The lowest BCUT2D eigenvalue weighted by atomic mass is 10.3. The third-order valence-electron chi connectivity index (χ3n) is 2.28. The number of thiazole rings is 1. The molecule has 0 spiro atoms. The number of halogens is 2. The van der Waals surface area contributed by atoms with Gasteiger partial charge in [-0.25, -0.2) is 13.8 Å². The van der Waals surface area contributed by atoms with E-state index >= 15 is 0 Å². The van der Waals surface area contributed by atoms with Crippen molar-refractivity contribution in [2.75, 3.05) is 18.9 Å². The van der Waals surface area contributed by atoms with Crippen LogP contribution in [0.25, 0.3) is 10.2 Å². The number of aromatic nitrogens is 1. The molecule has 1 amide bonds. The average molecular weight is 271 g/mol. The van der Waals surface area contributed by atoms with Crippen LogP contribution in [0.2, 0.25) is 0 Å². The Labute approximate surface area is 106 Å². The molecule has 0 bridgehead atoms. The van der Waals surface area contributed by atoms with E-state index in [1.54, 1.807) is 7.05 Å². The molecule has 0 atom stereocenters. The van der Waals surface area contributed by atoms with E-state index in [4.69, 9.17) is 0 Å². The van der Waals surface area contributed by atoms with Crippen molar-refractivity contribution in [2.24, 2.45) is 0 Å². The minimum absolute atomic E-state index is 0.190. The van der Waals surface area contributed by atoms with Crippen molar-refractivity contribution < 1.29 is 13.6 Å². The lowest BCUT2D eigenvalue weighted by Crippen LogP contribution is -2.18. The van der Waals surface area contributed by atoms with Gasteiger partial charge in [0.2, 0.25) is 5.91 Å². The first-order chi connectivity index (χ1) is 8.60. The molecule has 2 N–H and O–H groups in total. The standard InChI is InChI=1S/C11H11F2N3OS/c1-14-3-2-10(17)16-11-15-8-4-6(12)7(13)5-9(8)18-11/h4-5,14H,2-3H2,1H3,(H,15,16,17). The van der Waals surface area contributed by atoms with Crippen LogP contribution in [0.1, 0.15) is 6.42 Å². The maximum Gasteiger partial charge on any atom is 0.227 e. The van der Waals surface area contributed by atoms with Gasteiger partial charge >= 0.3 is 0 Å². The molecular formula is C11H11F2N3OS. The van der Waals surface area contributed by atoms with E-state index in [1.165, 1.54) is 0 Å². The number of carbonyl (C=O) groups is 1. The summed E-state index contributed by atoms with van der Waals surface area (Å²) in [6.45, 7) is 0.556. The number of fused-ring (bicyclic) bond motifs is 1. The zero-order valence-corrected chi connectivity index (χ0v) is 10.4. The van der Waals surface area contributed by atoms with Crippen LogP contribution >= 0.6 is 11.3 Å². The monoisotopic (exact) mass is 271 g/mol. The molecule has 0 fully saturated rings. The van der Waals surface area contributed by atoms with E-state index in [0.29, 0.717) is 28.3 Å². The highest BCUT2D eigenvalue weighted by atomic mass is 32.1. The molecule has 1 aromatic heterocycles. The number of hydrogen-bond acceptors (Lipinski definition) is 4. The highest BCUT2D eigenvalue weighted by molar-refractivity contribution is 7.22. The molecule has 0 aliphatic rings. The summed E-state index contributed by atoms with van der Waals surface area (Å²) in [6.07, 6.45) is 0.315. The van der Waals surface area contributed by atoms with Gasteiger partial charge in [-0.1, -0.05) is 11.3 Å². The van der Waals surface area contributed by atoms with Gasteiger partial charge in [0.15, 0.2) is 16.8 Å². The first-order valence-electron chi connectivity index (χ1n) is 5.30. The van der Waals surface area contributed by atoms with Gasteiger partial charge in [0, 0.05) is 19.0 Å². The largest absolute Gasteiger partial charge is 0.319 e. The maximum atomic E-state index is 13.0. The van der Waals surface area contributed by atoms with Gasteiger partial charge in [0.1, 0.15) is 0 Å². The van der Waals surface area contributed by atoms with E-state index < -0.39 is 11.6 Å². The van der Waals surface area contributed by atoms with Crippen LogP contribution in [0.4, 0.5) is 13.9 Å². The first-order valence-corrected chi connectivity index (χ1v) is 6.12. The molecule has 0 saturated carbocycles. The summed E-state index contributed by atoms with van der Waals surface area (Å²) >= 11 is 1.11. The molecule has 0 aliphatic heterocycles. The van der Waals surface area contributed by atoms with Crippen LogP contribution in [0.3, 0.4) is 0 Å². The number of carbonyl (C=O) groups excluding carboxylic acids is 1. The Hall–Kier alpha value is -1.60. The SMILES string of the molecule is CNCCC(=O)Nc1nc2cc(F)c(F)cc2s1. The van der Waals surface area contributed by atoms with Crippen LogP contribution in [-0.2, 0) is 4.79 Å². The molecule has 2 rings (SSSR count). The molecule has 96 valence electrons. The van der Waals surface area contributed by atoms with Gasteiger partial charge in [-0.05, 0) is 13.1 Å². The number of rotatable bonds is 4. The average Bonchev–Trinajstić information content (AvgIpc) is 2.68. The van der Waals surface area contributed by atoms with Crippen molar-refractivity contribution in [3.05, 3.63) is 23.8 Å². The third-order valence-corrected chi connectivity index (χ3v) is 3.21. The fraction of sp³-hybridized carbons (Fsp3) is 0.273. The van der Waals surface area contributed by atoms with Crippen molar-refractivity contribution in [3.8, 4) is 0 Å². The summed E-state index contributed by atoms with van der Waals surface area (Å²) in [5.41, 5.74) is 0.336. The lowest BCUT2D eigenvalue weighted by Gasteiger charge is -1.99. The normalized spacial score (nSPS) is 10.8. The molecule has 0 radical (unpaired) electrons. The summed E-state index contributed by atoms with van der Waals surface area (Å²) in [4.78, 5) is 15.5. The highest BCUT2D eigenvalue weighted by Crippen LogP contribution is 2.27. The number of nitrogens with zero attached hydrogens (tertiary/aromatic N) is 1. The Kier molecular flexibility index (Phi) is 3.83. The van der Waals surface area contributed by atoms with Gasteiger partial charge in [-0.3, -0.25) is 4.79 Å². The number of benzene rings is 1. The van der Waals surface area contributed by atoms with E-state index in [9.17, 15) is 13.6 Å². The molecule has 2 aromatic rings. The summed E-state index contributed by atoms with van der Waals surface area (Å²) in [6, 6.07) is 2.09. The maximum absolute atomic E-state index is 13.0. The highest BCUT2D eigenvalue weighted by Gasteiger charge is 2.11. The number of nitrogens with one attached hydrogen (secondary N) is 2. The van der Waals surface area contributed by atoms with Gasteiger partial charge in [-0.2, -0.15) is 0 Å². The molecule has 0 unspecified atom stereocenters. The number of hydrogen-bond donors (Lipinski definition) is 2. The van der Waals surface area contributed by atoms with Crippen LogP contribution < -0.4 is 10.6 Å². The molecule has 18 heavy (non-hydrogen) atoms. The van der Waals surface area contributed by atoms with Crippen molar-refractivity contribution in [1.82, 2.24) is 10.3 Å². The predicted octanol–water partition coefficient (Wildman–Crippen LogP) is 2.12. The summed E-state index contributed by atoms with van der Waals surface area (Å²) in [5, 5.41) is 5.78. The second kappa shape index (κ2) is 5.36. The molecule has 1 aromatic carbocycles. The fourth-order valence-electron chi connectivity index (χ4n) is 1.40. The Morgan fingerprint density at radius 3 is 2.83 bits per heavy atom. The lowest BCUT2D eigenvalue weighted by molar-refractivity contribution is -0.116.